The van der Waals surface area contributed by atoms with E-state index in [0.29, 0.717) is 18.4 Å². The van der Waals surface area contributed by atoms with Gasteiger partial charge in [-0.05, 0) is 50.9 Å². The molecule has 1 amide bonds. The number of hydrogen-bond donors (Lipinski definition) is 1. The molecular formula is C17H27NO3. The molecular weight excluding hydrogens is 266 g/mol. The lowest BCUT2D eigenvalue weighted by Gasteiger charge is -2.45. The first-order chi connectivity index (χ1) is 10.2. The Kier molecular flexibility index (Phi) is 4.51. The van der Waals surface area contributed by atoms with Gasteiger partial charge >= 0.3 is 5.97 Å². The number of likely N-dealkylation sites (tertiary alicyclic amines) is 1. The maximum atomic E-state index is 12.9. The van der Waals surface area contributed by atoms with Crippen LogP contribution in [0, 0.1) is 17.8 Å². The van der Waals surface area contributed by atoms with Gasteiger partial charge in [-0.25, -0.2) is 0 Å². The van der Waals surface area contributed by atoms with Gasteiger partial charge in [0, 0.05) is 18.5 Å². The van der Waals surface area contributed by atoms with Crippen LogP contribution in [-0.2, 0) is 9.59 Å². The Bertz CT molecular complexity index is 407. The average Bonchev–Trinajstić information content (AvgIpc) is 2.53. The summed E-state index contributed by atoms with van der Waals surface area (Å²) in [6.45, 7) is 0.897. The van der Waals surface area contributed by atoms with Crippen LogP contribution in [0.5, 0.6) is 0 Å². The molecule has 0 aromatic heterocycles. The topological polar surface area (TPSA) is 57.6 Å². The number of aliphatic carboxylic acids is 1. The van der Waals surface area contributed by atoms with Gasteiger partial charge < -0.3 is 10.0 Å². The van der Waals surface area contributed by atoms with Crippen LogP contribution in [0.1, 0.15) is 64.2 Å². The largest absolute Gasteiger partial charge is 0.481 e. The molecule has 4 heteroatoms. The molecule has 0 bridgehead atoms. The second kappa shape index (κ2) is 6.37. The Morgan fingerprint density at radius 2 is 1.57 bits per heavy atom. The van der Waals surface area contributed by atoms with Crippen molar-refractivity contribution in [3.05, 3.63) is 0 Å². The van der Waals surface area contributed by atoms with Gasteiger partial charge in [0.05, 0.1) is 5.92 Å². The van der Waals surface area contributed by atoms with Crippen molar-refractivity contribution in [3.63, 3.8) is 0 Å². The molecule has 3 aliphatic rings. The molecule has 118 valence electrons. The first-order valence-electron chi connectivity index (χ1n) is 8.70. The number of nitrogens with zero attached hydrogens (tertiary/aromatic N) is 1. The number of fused-ring (bicyclic) bond motifs is 1. The van der Waals surface area contributed by atoms with Crippen LogP contribution in [0.15, 0.2) is 0 Å². The molecule has 0 aromatic rings. The highest BCUT2D eigenvalue weighted by atomic mass is 16.4. The second-order valence-electron chi connectivity index (χ2n) is 7.18. The van der Waals surface area contributed by atoms with Crippen molar-refractivity contribution in [2.75, 3.05) is 6.54 Å². The van der Waals surface area contributed by atoms with Crippen molar-refractivity contribution in [2.45, 2.75) is 70.3 Å². The third-order valence-corrected chi connectivity index (χ3v) is 5.90. The minimum atomic E-state index is -0.721. The molecule has 3 rings (SSSR count). The van der Waals surface area contributed by atoms with Crippen molar-refractivity contribution in [2.24, 2.45) is 17.8 Å². The molecule has 1 N–H and O–H groups in total. The Balaban J connectivity index is 1.67. The molecule has 0 spiro atoms. The predicted octanol–water partition coefficient (Wildman–Crippen LogP) is 3.06. The quantitative estimate of drug-likeness (QED) is 0.851. The number of carboxylic acids is 1. The normalized spacial score (nSPS) is 36.9. The van der Waals surface area contributed by atoms with Crippen LogP contribution in [0.3, 0.4) is 0 Å². The Labute approximate surface area is 126 Å². The molecule has 1 saturated heterocycles. The molecule has 2 saturated carbocycles. The van der Waals surface area contributed by atoms with E-state index in [1.807, 2.05) is 0 Å². The van der Waals surface area contributed by atoms with Gasteiger partial charge in [-0.1, -0.05) is 19.3 Å². The number of piperidine rings is 1. The van der Waals surface area contributed by atoms with Gasteiger partial charge in [0.25, 0.3) is 0 Å². The van der Waals surface area contributed by atoms with Gasteiger partial charge in [-0.2, -0.15) is 0 Å². The number of carbonyl (C=O) groups is 2. The summed E-state index contributed by atoms with van der Waals surface area (Å²) in [5, 5.41) is 9.21. The summed E-state index contributed by atoms with van der Waals surface area (Å²) >= 11 is 0. The first-order valence-corrected chi connectivity index (χ1v) is 8.70. The van der Waals surface area contributed by atoms with E-state index >= 15 is 0 Å². The van der Waals surface area contributed by atoms with Crippen LogP contribution in [-0.4, -0.2) is 34.5 Å². The zero-order valence-corrected chi connectivity index (χ0v) is 12.8. The number of hydrogen-bond acceptors (Lipinski definition) is 2. The van der Waals surface area contributed by atoms with Crippen molar-refractivity contribution < 1.29 is 14.7 Å². The van der Waals surface area contributed by atoms with Crippen LogP contribution in [0.2, 0.25) is 0 Å². The van der Waals surface area contributed by atoms with Crippen LogP contribution < -0.4 is 0 Å². The average molecular weight is 293 g/mol. The lowest BCUT2D eigenvalue weighted by atomic mass is 9.76. The number of rotatable bonds is 2. The number of carbonyl (C=O) groups excluding carboxylic acids is 1. The molecule has 2 aliphatic carbocycles. The monoisotopic (exact) mass is 293 g/mol. The molecule has 21 heavy (non-hydrogen) atoms. The number of amides is 1. The van der Waals surface area contributed by atoms with Gasteiger partial charge in [-0.15, -0.1) is 0 Å². The molecule has 4 atom stereocenters. The highest BCUT2D eigenvalue weighted by molar-refractivity contribution is 5.80. The van der Waals surface area contributed by atoms with Crippen molar-refractivity contribution in [1.82, 2.24) is 4.90 Å². The molecule has 3 fully saturated rings. The van der Waals surface area contributed by atoms with E-state index < -0.39 is 5.97 Å². The summed E-state index contributed by atoms with van der Waals surface area (Å²) in [5.41, 5.74) is 0. The summed E-state index contributed by atoms with van der Waals surface area (Å²) in [7, 11) is 0. The number of carboxylic acid groups (broad SMARTS) is 1. The fourth-order valence-electron chi connectivity index (χ4n) is 4.77. The molecule has 1 heterocycles. The summed E-state index contributed by atoms with van der Waals surface area (Å²) in [6.07, 6.45) is 10.5. The summed E-state index contributed by atoms with van der Waals surface area (Å²) in [4.78, 5) is 26.3. The molecule has 0 aromatic carbocycles. The Morgan fingerprint density at radius 1 is 0.857 bits per heavy atom. The Morgan fingerprint density at radius 3 is 2.38 bits per heavy atom. The van der Waals surface area contributed by atoms with Crippen LogP contribution in [0.4, 0.5) is 0 Å². The SMILES string of the molecule is O=C(O)C1CCCC(C(=O)N2CCC[C@H]3CCCC[C@H]32)C1. The highest BCUT2D eigenvalue weighted by Gasteiger charge is 2.39. The van der Waals surface area contributed by atoms with Crippen molar-refractivity contribution in [3.8, 4) is 0 Å². The first kappa shape index (κ1) is 14.9. The van der Waals surface area contributed by atoms with E-state index in [4.69, 9.17) is 0 Å². The lowest BCUT2D eigenvalue weighted by Crippen LogP contribution is -2.52. The zero-order chi connectivity index (χ0) is 14.8. The molecule has 1 aliphatic heterocycles. The second-order valence-corrected chi connectivity index (χ2v) is 7.18. The predicted molar refractivity (Wildman–Crippen MR) is 79.8 cm³/mol. The van der Waals surface area contributed by atoms with Crippen LogP contribution in [0.25, 0.3) is 0 Å². The van der Waals surface area contributed by atoms with Gasteiger partial charge in [-0.3, -0.25) is 9.59 Å². The molecule has 2 unspecified atom stereocenters. The molecule has 0 radical (unpaired) electrons. The van der Waals surface area contributed by atoms with Crippen LogP contribution >= 0.6 is 0 Å². The van der Waals surface area contributed by atoms with E-state index in [0.717, 1.165) is 38.6 Å². The summed E-state index contributed by atoms with van der Waals surface area (Å²) in [6, 6.07) is 0.449. The van der Waals surface area contributed by atoms with Gasteiger partial charge in [0.15, 0.2) is 0 Å². The third kappa shape index (κ3) is 3.09. The van der Waals surface area contributed by atoms with Gasteiger partial charge in [0.2, 0.25) is 5.91 Å². The van der Waals surface area contributed by atoms with Gasteiger partial charge in [0.1, 0.15) is 0 Å². The van der Waals surface area contributed by atoms with E-state index in [-0.39, 0.29) is 17.7 Å². The van der Waals surface area contributed by atoms with E-state index in [2.05, 4.69) is 4.90 Å². The fraction of sp³-hybridized carbons (Fsp3) is 0.882. The maximum absolute atomic E-state index is 12.9. The van der Waals surface area contributed by atoms with E-state index in [1.54, 1.807) is 0 Å². The Hall–Kier alpha value is -1.06. The zero-order valence-electron chi connectivity index (χ0n) is 12.8. The standard InChI is InChI=1S/C17H27NO3/c19-16(13-6-3-7-14(11-13)17(20)21)18-10-4-8-12-5-1-2-9-15(12)18/h12-15H,1-11H2,(H,20,21)/t12-,13?,14?,15-/m1/s1. The summed E-state index contributed by atoms with van der Waals surface area (Å²) in [5.74, 6) is -0.102. The maximum Gasteiger partial charge on any atom is 0.306 e. The van der Waals surface area contributed by atoms with E-state index in [9.17, 15) is 14.7 Å². The minimum Gasteiger partial charge on any atom is -0.481 e. The minimum absolute atomic E-state index is 0.0412. The fourth-order valence-corrected chi connectivity index (χ4v) is 4.77. The van der Waals surface area contributed by atoms with E-state index in [1.165, 1.54) is 25.7 Å². The third-order valence-electron chi connectivity index (χ3n) is 5.90. The lowest BCUT2D eigenvalue weighted by molar-refractivity contribution is -0.148. The summed E-state index contributed by atoms with van der Waals surface area (Å²) < 4.78 is 0. The highest BCUT2D eigenvalue weighted by Crippen LogP contribution is 2.38. The van der Waals surface area contributed by atoms with Crippen molar-refractivity contribution >= 4 is 11.9 Å². The molecule has 4 nitrogen and oxygen atoms in total. The smallest absolute Gasteiger partial charge is 0.306 e. The van der Waals surface area contributed by atoms with Crippen molar-refractivity contribution in [1.29, 1.82) is 0 Å².